The van der Waals surface area contributed by atoms with Crippen LogP contribution in [-0.4, -0.2) is 11.0 Å². The molecular weight excluding hydrogens is 256 g/mol. The highest BCUT2D eigenvalue weighted by Crippen LogP contribution is 2.39. The maximum Gasteiger partial charge on any atom is 0.0295 e. The van der Waals surface area contributed by atoms with Gasteiger partial charge in [-0.25, -0.2) is 0 Å². The lowest BCUT2D eigenvalue weighted by Gasteiger charge is -2.40. The Labute approximate surface area is 129 Å². The quantitative estimate of drug-likeness (QED) is 0.854. The molecule has 21 heavy (non-hydrogen) atoms. The number of rotatable bonds is 4. The van der Waals surface area contributed by atoms with Gasteiger partial charge in [0.2, 0.25) is 0 Å². The molecule has 2 aliphatic carbocycles. The fourth-order valence-corrected chi connectivity index (χ4v) is 4.56. The number of hydrogen-bond donors (Lipinski definition) is 1. The smallest absolute Gasteiger partial charge is 0.0295 e. The van der Waals surface area contributed by atoms with Gasteiger partial charge in [-0.15, -0.1) is 0 Å². The van der Waals surface area contributed by atoms with Gasteiger partial charge in [-0.3, -0.25) is 4.98 Å². The van der Waals surface area contributed by atoms with Crippen LogP contribution in [0.5, 0.6) is 0 Å². The molecule has 2 heteroatoms. The Hall–Kier alpha value is -0.890. The van der Waals surface area contributed by atoms with Crippen molar-refractivity contribution >= 4 is 0 Å². The van der Waals surface area contributed by atoms with Gasteiger partial charge in [0.1, 0.15) is 0 Å². The minimum Gasteiger partial charge on any atom is -0.307 e. The fourth-order valence-electron chi connectivity index (χ4n) is 4.56. The largest absolute Gasteiger partial charge is 0.307 e. The van der Waals surface area contributed by atoms with Crippen LogP contribution in [0.4, 0.5) is 0 Å². The molecule has 3 rings (SSSR count). The zero-order chi connectivity index (χ0) is 14.5. The van der Waals surface area contributed by atoms with E-state index in [1.807, 2.05) is 12.4 Å². The zero-order valence-electron chi connectivity index (χ0n) is 13.4. The standard InChI is InChI=1S/C19H30N2/c1-15(16-11-13-20-14-12-16)21-19-10-6-5-9-18(19)17-7-3-2-4-8-17/h11-15,17-19,21H,2-10H2,1H3/t15-,18?,19?/m0/s1. The molecule has 0 amide bonds. The van der Waals surface area contributed by atoms with E-state index >= 15 is 0 Å². The monoisotopic (exact) mass is 286 g/mol. The van der Waals surface area contributed by atoms with E-state index in [0.29, 0.717) is 6.04 Å². The van der Waals surface area contributed by atoms with Gasteiger partial charge in [-0.05, 0) is 49.3 Å². The molecule has 1 aromatic rings. The number of nitrogens with one attached hydrogen (secondary N) is 1. The molecule has 0 aliphatic heterocycles. The van der Waals surface area contributed by atoms with Gasteiger partial charge in [0, 0.05) is 24.5 Å². The summed E-state index contributed by atoms with van der Waals surface area (Å²) in [4.78, 5) is 4.14. The number of pyridine rings is 1. The summed E-state index contributed by atoms with van der Waals surface area (Å²) in [7, 11) is 0. The van der Waals surface area contributed by atoms with E-state index in [1.54, 1.807) is 0 Å². The molecule has 2 unspecified atom stereocenters. The maximum atomic E-state index is 4.14. The van der Waals surface area contributed by atoms with Crippen molar-refractivity contribution in [1.29, 1.82) is 0 Å². The van der Waals surface area contributed by atoms with E-state index in [0.717, 1.165) is 17.9 Å². The Morgan fingerprint density at radius 2 is 1.62 bits per heavy atom. The van der Waals surface area contributed by atoms with Crippen LogP contribution < -0.4 is 5.32 Å². The molecule has 0 saturated heterocycles. The molecule has 1 aromatic heterocycles. The van der Waals surface area contributed by atoms with Gasteiger partial charge < -0.3 is 5.32 Å². The first-order chi connectivity index (χ1) is 10.3. The lowest BCUT2D eigenvalue weighted by molar-refractivity contribution is 0.143. The van der Waals surface area contributed by atoms with E-state index in [2.05, 4.69) is 29.4 Å². The van der Waals surface area contributed by atoms with Gasteiger partial charge in [-0.1, -0.05) is 44.9 Å². The second-order valence-corrected chi connectivity index (χ2v) is 7.12. The Morgan fingerprint density at radius 3 is 2.38 bits per heavy atom. The molecule has 2 aliphatic rings. The Balaban J connectivity index is 1.63. The Morgan fingerprint density at radius 1 is 0.952 bits per heavy atom. The van der Waals surface area contributed by atoms with Crippen LogP contribution in [0.15, 0.2) is 24.5 Å². The van der Waals surface area contributed by atoms with Crippen molar-refractivity contribution in [2.75, 3.05) is 0 Å². The third-order valence-electron chi connectivity index (χ3n) is 5.74. The number of hydrogen-bond acceptors (Lipinski definition) is 2. The molecule has 2 nitrogen and oxygen atoms in total. The van der Waals surface area contributed by atoms with Crippen molar-refractivity contribution in [3.8, 4) is 0 Å². The van der Waals surface area contributed by atoms with Crippen molar-refractivity contribution in [3.05, 3.63) is 30.1 Å². The van der Waals surface area contributed by atoms with Crippen molar-refractivity contribution < 1.29 is 0 Å². The average molecular weight is 286 g/mol. The molecule has 3 atom stereocenters. The summed E-state index contributed by atoms with van der Waals surface area (Å²) >= 11 is 0. The van der Waals surface area contributed by atoms with Crippen LogP contribution in [0.1, 0.15) is 76.3 Å². The predicted molar refractivity (Wildman–Crippen MR) is 88.1 cm³/mol. The van der Waals surface area contributed by atoms with Gasteiger partial charge >= 0.3 is 0 Å². The van der Waals surface area contributed by atoms with E-state index in [-0.39, 0.29) is 0 Å². The van der Waals surface area contributed by atoms with Crippen LogP contribution in [0.25, 0.3) is 0 Å². The highest BCUT2D eigenvalue weighted by molar-refractivity contribution is 5.14. The SMILES string of the molecule is C[C@H](NC1CCCCC1C1CCCCC1)c1ccncc1. The topological polar surface area (TPSA) is 24.9 Å². The molecule has 0 aromatic carbocycles. The van der Waals surface area contributed by atoms with Crippen LogP contribution in [0.3, 0.4) is 0 Å². The maximum absolute atomic E-state index is 4.14. The first-order valence-electron chi connectivity index (χ1n) is 9.00. The minimum absolute atomic E-state index is 0.446. The first kappa shape index (κ1) is 15.0. The van der Waals surface area contributed by atoms with E-state index in [4.69, 9.17) is 0 Å². The molecule has 0 spiro atoms. The predicted octanol–water partition coefficient (Wildman–Crippen LogP) is 4.87. The van der Waals surface area contributed by atoms with Crippen LogP contribution in [0.2, 0.25) is 0 Å². The van der Waals surface area contributed by atoms with Crippen LogP contribution in [0, 0.1) is 11.8 Å². The lowest BCUT2D eigenvalue weighted by Crippen LogP contribution is -2.43. The third-order valence-corrected chi connectivity index (χ3v) is 5.74. The van der Waals surface area contributed by atoms with Gasteiger partial charge in [-0.2, -0.15) is 0 Å². The van der Waals surface area contributed by atoms with Crippen molar-refractivity contribution in [1.82, 2.24) is 10.3 Å². The highest BCUT2D eigenvalue weighted by Gasteiger charge is 2.33. The first-order valence-corrected chi connectivity index (χ1v) is 9.00. The number of nitrogens with zero attached hydrogens (tertiary/aromatic N) is 1. The second-order valence-electron chi connectivity index (χ2n) is 7.12. The highest BCUT2D eigenvalue weighted by atomic mass is 15.0. The van der Waals surface area contributed by atoms with Crippen molar-refractivity contribution in [2.24, 2.45) is 11.8 Å². The van der Waals surface area contributed by atoms with Crippen molar-refractivity contribution in [3.63, 3.8) is 0 Å². The van der Waals surface area contributed by atoms with Gasteiger partial charge in [0.25, 0.3) is 0 Å². The molecule has 1 N–H and O–H groups in total. The minimum atomic E-state index is 0.446. The molecule has 0 bridgehead atoms. The van der Waals surface area contributed by atoms with E-state index < -0.39 is 0 Å². The zero-order valence-corrected chi connectivity index (χ0v) is 13.4. The molecule has 1 heterocycles. The summed E-state index contributed by atoms with van der Waals surface area (Å²) in [6.07, 6.45) is 16.9. The molecule has 116 valence electrons. The second kappa shape index (κ2) is 7.40. The molecule has 0 radical (unpaired) electrons. The normalized spacial score (nSPS) is 29.2. The van der Waals surface area contributed by atoms with Gasteiger partial charge in [0.05, 0.1) is 0 Å². The molecular formula is C19H30N2. The lowest BCUT2D eigenvalue weighted by atomic mass is 9.70. The van der Waals surface area contributed by atoms with Crippen molar-refractivity contribution in [2.45, 2.75) is 76.8 Å². The third kappa shape index (κ3) is 3.85. The Kier molecular flexibility index (Phi) is 5.29. The van der Waals surface area contributed by atoms with E-state index in [9.17, 15) is 0 Å². The van der Waals surface area contributed by atoms with Gasteiger partial charge in [0.15, 0.2) is 0 Å². The summed E-state index contributed by atoms with van der Waals surface area (Å²) in [5, 5.41) is 3.95. The molecule has 2 saturated carbocycles. The van der Waals surface area contributed by atoms with Crippen LogP contribution in [-0.2, 0) is 0 Å². The summed E-state index contributed by atoms with van der Waals surface area (Å²) in [5.74, 6) is 1.91. The summed E-state index contributed by atoms with van der Waals surface area (Å²) in [6, 6.07) is 5.47. The van der Waals surface area contributed by atoms with Crippen LogP contribution >= 0.6 is 0 Å². The Bertz CT molecular complexity index is 411. The summed E-state index contributed by atoms with van der Waals surface area (Å²) in [6.45, 7) is 2.31. The average Bonchev–Trinajstić information content (AvgIpc) is 2.57. The fraction of sp³-hybridized carbons (Fsp3) is 0.737. The summed E-state index contributed by atoms with van der Waals surface area (Å²) < 4.78 is 0. The molecule has 2 fully saturated rings. The number of aromatic nitrogens is 1. The summed E-state index contributed by atoms with van der Waals surface area (Å²) in [5.41, 5.74) is 1.37. The van der Waals surface area contributed by atoms with E-state index in [1.165, 1.54) is 63.4 Å².